The van der Waals surface area contributed by atoms with Gasteiger partial charge in [-0.25, -0.2) is 0 Å². The molecule has 1 aliphatic heterocycles. The molecule has 0 radical (unpaired) electrons. The van der Waals surface area contributed by atoms with Crippen LogP contribution in [0.5, 0.6) is 0 Å². The van der Waals surface area contributed by atoms with Gasteiger partial charge in [0, 0.05) is 16.8 Å². The van der Waals surface area contributed by atoms with E-state index in [-0.39, 0.29) is 5.57 Å². The van der Waals surface area contributed by atoms with Gasteiger partial charge in [0.25, 0.3) is 0 Å². The molecule has 0 atom stereocenters. The fraction of sp³-hybridized carbons (Fsp3) is 0.111. The van der Waals surface area contributed by atoms with E-state index < -0.39 is 0 Å². The summed E-state index contributed by atoms with van der Waals surface area (Å²) in [6.45, 7) is 2.94. The molecule has 0 aliphatic carbocycles. The fourth-order valence-corrected chi connectivity index (χ4v) is 3.71. The van der Waals surface area contributed by atoms with E-state index in [1.54, 1.807) is 17.8 Å². The zero-order chi connectivity index (χ0) is 15.5. The number of hydrogen-bond acceptors (Lipinski definition) is 4. The Morgan fingerprint density at radius 3 is 2.68 bits per heavy atom. The van der Waals surface area contributed by atoms with Gasteiger partial charge in [-0.2, -0.15) is 10.5 Å². The molecule has 0 aromatic heterocycles. The number of fused-ring (bicyclic) bond motifs is 3. The van der Waals surface area contributed by atoms with Crippen LogP contribution in [0.3, 0.4) is 0 Å². The molecule has 0 fully saturated rings. The summed E-state index contributed by atoms with van der Waals surface area (Å²) in [6.07, 6.45) is 3.43. The summed E-state index contributed by atoms with van der Waals surface area (Å²) >= 11 is 1.67. The Hall–Kier alpha value is -2.69. The summed E-state index contributed by atoms with van der Waals surface area (Å²) in [7, 11) is 0. The molecule has 1 heterocycles. The summed E-state index contributed by atoms with van der Waals surface area (Å²) in [6, 6.07) is 16.4. The van der Waals surface area contributed by atoms with Gasteiger partial charge in [0.2, 0.25) is 0 Å². The monoisotopic (exact) mass is 303 g/mol. The minimum absolute atomic E-state index is 0.116. The average Bonchev–Trinajstić information content (AvgIpc) is 2.93. The molecule has 4 heteroatoms. The van der Waals surface area contributed by atoms with E-state index in [0.29, 0.717) is 0 Å². The van der Waals surface area contributed by atoms with E-state index in [1.807, 2.05) is 30.3 Å². The van der Waals surface area contributed by atoms with Crippen LogP contribution in [0, 0.1) is 22.7 Å². The maximum Gasteiger partial charge on any atom is 0.129 e. The molecule has 3 nitrogen and oxygen atoms in total. The van der Waals surface area contributed by atoms with Gasteiger partial charge < -0.3 is 4.90 Å². The van der Waals surface area contributed by atoms with E-state index in [4.69, 9.17) is 10.5 Å². The first-order chi connectivity index (χ1) is 10.8. The van der Waals surface area contributed by atoms with E-state index in [9.17, 15) is 0 Å². The number of allylic oxidation sites excluding steroid dienone is 3. The standard InChI is InChI=1S/C18H13N3S/c1-2-21-17(10-7-13(11-19)12-20)22-16-9-8-14-5-3-4-6-15(14)18(16)21/h3-10H,2H2,1H3/b17-10-. The minimum atomic E-state index is 0.116. The van der Waals surface area contributed by atoms with Crippen LogP contribution in [0.4, 0.5) is 5.69 Å². The summed E-state index contributed by atoms with van der Waals surface area (Å²) in [4.78, 5) is 3.43. The summed E-state index contributed by atoms with van der Waals surface area (Å²) in [5, 5.41) is 21.2. The highest BCUT2D eigenvalue weighted by Gasteiger charge is 2.25. The molecule has 1 aliphatic rings. The molecule has 2 aromatic rings. The highest BCUT2D eigenvalue weighted by molar-refractivity contribution is 8.03. The van der Waals surface area contributed by atoms with E-state index in [1.165, 1.54) is 21.4 Å². The lowest BCUT2D eigenvalue weighted by Crippen LogP contribution is -2.16. The molecular formula is C18H13N3S. The van der Waals surface area contributed by atoms with Crippen molar-refractivity contribution in [3.8, 4) is 12.1 Å². The van der Waals surface area contributed by atoms with Crippen LogP contribution >= 0.6 is 11.8 Å². The van der Waals surface area contributed by atoms with Crippen molar-refractivity contribution in [2.45, 2.75) is 11.8 Å². The van der Waals surface area contributed by atoms with Crippen molar-refractivity contribution in [1.82, 2.24) is 0 Å². The third-order valence-corrected chi connectivity index (χ3v) is 4.68. The van der Waals surface area contributed by atoms with Crippen molar-refractivity contribution in [3.05, 3.63) is 59.2 Å². The average molecular weight is 303 g/mol. The number of nitrogens with zero attached hydrogens (tertiary/aromatic N) is 3. The molecular weight excluding hydrogens is 290 g/mol. The van der Waals surface area contributed by atoms with Crippen molar-refractivity contribution in [2.24, 2.45) is 0 Å². The molecule has 0 unspecified atom stereocenters. The Morgan fingerprint density at radius 2 is 1.95 bits per heavy atom. The number of rotatable bonds is 2. The second-order valence-electron chi connectivity index (χ2n) is 4.79. The Balaban J connectivity index is 2.12. The molecule has 0 saturated carbocycles. The topological polar surface area (TPSA) is 50.8 Å². The van der Waals surface area contributed by atoms with Gasteiger partial charge >= 0.3 is 0 Å². The highest BCUT2D eigenvalue weighted by Crippen LogP contribution is 2.49. The zero-order valence-corrected chi connectivity index (χ0v) is 12.9. The number of nitriles is 2. The van der Waals surface area contributed by atoms with Gasteiger partial charge in [0.15, 0.2) is 0 Å². The molecule has 0 saturated heterocycles. The third kappa shape index (κ3) is 2.35. The van der Waals surface area contributed by atoms with Crippen LogP contribution in [0.15, 0.2) is 64.0 Å². The predicted octanol–water partition coefficient (Wildman–Crippen LogP) is 4.59. The highest BCUT2D eigenvalue weighted by atomic mass is 32.2. The predicted molar refractivity (Wildman–Crippen MR) is 90.2 cm³/mol. The first kappa shape index (κ1) is 14.3. The van der Waals surface area contributed by atoms with Gasteiger partial charge in [-0.3, -0.25) is 0 Å². The molecule has 0 N–H and O–H groups in total. The molecule has 106 valence electrons. The molecule has 0 spiro atoms. The first-order valence-corrected chi connectivity index (χ1v) is 7.79. The van der Waals surface area contributed by atoms with Crippen molar-refractivity contribution in [3.63, 3.8) is 0 Å². The zero-order valence-electron chi connectivity index (χ0n) is 12.1. The summed E-state index contributed by atoms with van der Waals surface area (Å²) in [5.41, 5.74) is 1.32. The normalized spacial score (nSPS) is 14.5. The lowest BCUT2D eigenvalue weighted by atomic mass is 10.1. The number of anilines is 1. The van der Waals surface area contributed by atoms with Crippen LogP contribution in [-0.4, -0.2) is 6.54 Å². The van der Waals surface area contributed by atoms with Gasteiger partial charge in [0.05, 0.1) is 10.7 Å². The van der Waals surface area contributed by atoms with Crippen LogP contribution in [0.2, 0.25) is 0 Å². The molecule has 0 bridgehead atoms. The maximum atomic E-state index is 8.85. The SMILES string of the molecule is CCN1/C(=C/C=C(C#N)C#N)Sc2ccc3ccccc3c21. The Labute approximate surface area is 133 Å². The second-order valence-corrected chi connectivity index (χ2v) is 5.85. The number of thioether (sulfide) groups is 1. The first-order valence-electron chi connectivity index (χ1n) is 6.97. The van der Waals surface area contributed by atoms with Gasteiger partial charge in [-0.15, -0.1) is 0 Å². The fourth-order valence-electron chi connectivity index (χ4n) is 2.57. The molecule has 3 rings (SSSR count). The minimum Gasteiger partial charge on any atom is -0.335 e. The molecule has 0 amide bonds. The Kier molecular flexibility index (Phi) is 3.87. The third-order valence-electron chi connectivity index (χ3n) is 3.56. The Bertz CT molecular complexity index is 865. The van der Waals surface area contributed by atoms with Gasteiger partial charge in [-0.05, 0) is 30.5 Å². The van der Waals surface area contributed by atoms with Crippen LogP contribution in [-0.2, 0) is 0 Å². The number of hydrogen-bond donors (Lipinski definition) is 0. The summed E-state index contributed by atoms with van der Waals surface area (Å²) in [5.74, 6) is 0. The van der Waals surface area contributed by atoms with Gasteiger partial charge in [0.1, 0.15) is 17.7 Å². The molecule has 22 heavy (non-hydrogen) atoms. The van der Waals surface area contributed by atoms with E-state index in [0.717, 1.165) is 11.6 Å². The quantitative estimate of drug-likeness (QED) is 0.762. The van der Waals surface area contributed by atoms with Crippen LogP contribution in [0.25, 0.3) is 10.8 Å². The van der Waals surface area contributed by atoms with Crippen molar-refractivity contribution >= 4 is 28.2 Å². The second kappa shape index (κ2) is 5.97. The van der Waals surface area contributed by atoms with Crippen LogP contribution < -0.4 is 4.90 Å². The smallest absolute Gasteiger partial charge is 0.129 e. The van der Waals surface area contributed by atoms with E-state index in [2.05, 4.69) is 36.1 Å². The maximum absolute atomic E-state index is 8.85. The van der Waals surface area contributed by atoms with Gasteiger partial charge in [-0.1, -0.05) is 42.1 Å². The van der Waals surface area contributed by atoms with Crippen molar-refractivity contribution in [2.75, 3.05) is 11.4 Å². The van der Waals surface area contributed by atoms with Crippen molar-refractivity contribution < 1.29 is 0 Å². The van der Waals surface area contributed by atoms with Crippen molar-refractivity contribution in [1.29, 1.82) is 10.5 Å². The Morgan fingerprint density at radius 1 is 1.18 bits per heavy atom. The molecule has 2 aromatic carbocycles. The number of benzene rings is 2. The van der Waals surface area contributed by atoms with E-state index >= 15 is 0 Å². The summed E-state index contributed by atoms with van der Waals surface area (Å²) < 4.78 is 0. The lowest BCUT2D eigenvalue weighted by Gasteiger charge is -2.19. The lowest BCUT2D eigenvalue weighted by molar-refractivity contribution is 1.01. The largest absolute Gasteiger partial charge is 0.335 e. The van der Waals surface area contributed by atoms with Crippen LogP contribution in [0.1, 0.15) is 6.92 Å².